The lowest BCUT2D eigenvalue weighted by molar-refractivity contribution is -0.138. The van der Waals surface area contributed by atoms with Crippen molar-refractivity contribution in [2.45, 2.75) is 38.5 Å². The lowest BCUT2D eigenvalue weighted by Crippen LogP contribution is -2.11. The standard InChI is InChI=1S/C14H18O2/c1-10-4-2-5-11(8-10)13-7-3-6-12(13)9-14(15)16/h2,4-5,8,12-13H,3,6-7,9H2,1H3,(H,15,16). The Balaban J connectivity index is 2.16. The minimum Gasteiger partial charge on any atom is -0.481 e. The van der Waals surface area contributed by atoms with E-state index in [-0.39, 0.29) is 0 Å². The van der Waals surface area contributed by atoms with Crippen molar-refractivity contribution in [1.29, 1.82) is 0 Å². The molecule has 0 aliphatic heterocycles. The Morgan fingerprint density at radius 3 is 2.94 bits per heavy atom. The third-order valence-corrected chi connectivity index (χ3v) is 3.57. The van der Waals surface area contributed by atoms with Crippen molar-refractivity contribution in [3.05, 3.63) is 35.4 Å². The fourth-order valence-electron chi connectivity index (χ4n) is 2.85. The van der Waals surface area contributed by atoms with Crippen LogP contribution in [0.1, 0.15) is 42.7 Å². The van der Waals surface area contributed by atoms with E-state index < -0.39 is 5.97 Å². The van der Waals surface area contributed by atoms with Crippen molar-refractivity contribution in [3.63, 3.8) is 0 Å². The molecule has 1 aliphatic carbocycles. The Morgan fingerprint density at radius 1 is 1.44 bits per heavy atom. The Kier molecular flexibility index (Phi) is 3.28. The van der Waals surface area contributed by atoms with Crippen molar-refractivity contribution in [2.75, 3.05) is 0 Å². The van der Waals surface area contributed by atoms with Crippen LogP contribution in [0.25, 0.3) is 0 Å². The molecule has 0 aromatic heterocycles. The second-order valence-electron chi connectivity index (χ2n) is 4.81. The van der Waals surface area contributed by atoms with E-state index in [1.165, 1.54) is 11.1 Å². The Morgan fingerprint density at radius 2 is 2.25 bits per heavy atom. The number of aliphatic carboxylic acids is 1. The van der Waals surface area contributed by atoms with Gasteiger partial charge in [-0.3, -0.25) is 4.79 Å². The first kappa shape index (κ1) is 11.2. The van der Waals surface area contributed by atoms with Crippen LogP contribution >= 0.6 is 0 Å². The summed E-state index contributed by atoms with van der Waals surface area (Å²) < 4.78 is 0. The van der Waals surface area contributed by atoms with Crippen molar-refractivity contribution in [3.8, 4) is 0 Å². The molecule has 0 heterocycles. The maximum atomic E-state index is 10.8. The van der Waals surface area contributed by atoms with Crippen LogP contribution < -0.4 is 0 Å². The molecule has 2 rings (SSSR count). The van der Waals surface area contributed by atoms with Gasteiger partial charge in [-0.15, -0.1) is 0 Å². The van der Waals surface area contributed by atoms with Gasteiger partial charge in [0.15, 0.2) is 0 Å². The summed E-state index contributed by atoms with van der Waals surface area (Å²) in [4.78, 5) is 10.8. The van der Waals surface area contributed by atoms with E-state index in [2.05, 4.69) is 31.2 Å². The Labute approximate surface area is 96.3 Å². The summed E-state index contributed by atoms with van der Waals surface area (Å²) in [6.45, 7) is 2.09. The van der Waals surface area contributed by atoms with E-state index in [1.807, 2.05) is 0 Å². The van der Waals surface area contributed by atoms with Crippen LogP contribution in [0.5, 0.6) is 0 Å². The minimum absolute atomic E-state index is 0.318. The third kappa shape index (κ3) is 2.43. The molecule has 1 N–H and O–H groups in total. The molecule has 0 radical (unpaired) electrons. The van der Waals surface area contributed by atoms with Crippen LogP contribution in [-0.4, -0.2) is 11.1 Å². The highest BCUT2D eigenvalue weighted by Crippen LogP contribution is 2.41. The molecule has 86 valence electrons. The first-order valence-corrected chi connectivity index (χ1v) is 5.95. The van der Waals surface area contributed by atoms with Crippen LogP contribution in [-0.2, 0) is 4.79 Å². The number of rotatable bonds is 3. The molecule has 1 aliphatic rings. The zero-order valence-corrected chi connectivity index (χ0v) is 9.65. The SMILES string of the molecule is Cc1cccc(C2CCCC2CC(=O)O)c1. The Hall–Kier alpha value is -1.31. The highest BCUT2D eigenvalue weighted by Gasteiger charge is 2.30. The average molecular weight is 218 g/mol. The monoisotopic (exact) mass is 218 g/mol. The quantitative estimate of drug-likeness (QED) is 0.844. The highest BCUT2D eigenvalue weighted by molar-refractivity contribution is 5.67. The van der Waals surface area contributed by atoms with Crippen LogP contribution in [0.15, 0.2) is 24.3 Å². The van der Waals surface area contributed by atoms with Gasteiger partial charge in [-0.25, -0.2) is 0 Å². The molecular weight excluding hydrogens is 200 g/mol. The molecular formula is C14H18O2. The average Bonchev–Trinajstić information content (AvgIpc) is 2.65. The zero-order valence-electron chi connectivity index (χ0n) is 9.65. The second-order valence-corrected chi connectivity index (χ2v) is 4.81. The van der Waals surface area contributed by atoms with Crippen molar-refractivity contribution in [2.24, 2.45) is 5.92 Å². The van der Waals surface area contributed by atoms with Gasteiger partial charge < -0.3 is 5.11 Å². The van der Waals surface area contributed by atoms with Crippen LogP contribution in [0, 0.1) is 12.8 Å². The first-order chi connectivity index (χ1) is 7.66. The highest BCUT2D eigenvalue weighted by atomic mass is 16.4. The summed E-state index contributed by atoms with van der Waals surface area (Å²) in [7, 11) is 0. The second kappa shape index (κ2) is 4.69. The molecule has 1 aromatic carbocycles. The molecule has 0 bridgehead atoms. The summed E-state index contributed by atoms with van der Waals surface area (Å²) >= 11 is 0. The number of carboxylic acid groups (broad SMARTS) is 1. The predicted molar refractivity (Wildman–Crippen MR) is 63.5 cm³/mol. The van der Waals surface area contributed by atoms with E-state index in [0.717, 1.165) is 19.3 Å². The summed E-state index contributed by atoms with van der Waals surface area (Å²) in [6, 6.07) is 8.49. The van der Waals surface area contributed by atoms with Gasteiger partial charge in [0.1, 0.15) is 0 Å². The van der Waals surface area contributed by atoms with Gasteiger partial charge in [0.25, 0.3) is 0 Å². The third-order valence-electron chi connectivity index (χ3n) is 3.57. The van der Waals surface area contributed by atoms with E-state index in [9.17, 15) is 4.79 Å². The molecule has 0 saturated heterocycles. The molecule has 0 amide bonds. The van der Waals surface area contributed by atoms with Crippen LogP contribution in [0.3, 0.4) is 0 Å². The molecule has 1 aromatic rings. The maximum absolute atomic E-state index is 10.8. The molecule has 2 unspecified atom stereocenters. The molecule has 1 fully saturated rings. The summed E-state index contributed by atoms with van der Waals surface area (Å²) in [5.41, 5.74) is 2.59. The number of carboxylic acids is 1. The summed E-state index contributed by atoms with van der Waals surface area (Å²) in [6.07, 6.45) is 3.68. The number of carbonyl (C=O) groups is 1. The van der Waals surface area contributed by atoms with Gasteiger partial charge in [0.05, 0.1) is 0 Å². The van der Waals surface area contributed by atoms with Crippen LogP contribution in [0.2, 0.25) is 0 Å². The van der Waals surface area contributed by atoms with Crippen LogP contribution in [0.4, 0.5) is 0 Å². The smallest absolute Gasteiger partial charge is 0.303 e. The van der Waals surface area contributed by atoms with E-state index >= 15 is 0 Å². The summed E-state index contributed by atoms with van der Waals surface area (Å²) in [5.74, 6) is 0.125. The number of hydrogen-bond donors (Lipinski definition) is 1. The molecule has 1 saturated carbocycles. The number of aryl methyl sites for hydroxylation is 1. The fraction of sp³-hybridized carbons (Fsp3) is 0.500. The molecule has 2 heteroatoms. The zero-order chi connectivity index (χ0) is 11.5. The topological polar surface area (TPSA) is 37.3 Å². The normalized spacial score (nSPS) is 24.6. The van der Waals surface area contributed by atoms with Gasteiger partial charge in [-0.05, 0) is 37.2 Å². The predicted octanol–water partition coefficient (Wildman–Crippen LogP) is 3.35. The van der Waals surface area contributed by atoms with Gasteiger partial charge in [0, 0.05) is 6.42 Å². The summed E-state index contributed by atoms with van der Waals surface area (Å²) in [5, 5.41) is 8.89. The molecule has 0 spiro atoms. The molecule has 2 nitrogen and oxygen atoms in total. The van der Waals surface area contributed by atoms with E-state index in [0.29, 0.717) is 18.3 Å². The Bertz CT molecular complexity index is 384. The van der Waals surface area contributed by atoms with E-state index in [1.54, 1.807) is 0 Å². The number of benzene rings is 1. The maximum Gasteiger partial charge on any atom is 0.303 e. The van der Waals surface area contributed by atoms with Gasteiger partial charge in [0.2, 0.25) is 0 Å². The van der Waals surface area contributed by atoms with Crippen molar-refractivity contribution in [1.82, 2.24) is 0 Å². The molecule has 16 heavy (non-hydrogen) atoms. The minimum atomic E-state index is -0.662. The largest absolute Gasteiger partial charge is 0.481 e. The first-order valence-electron chi connectivity index (χ1n) is 5.95. The lowest BCUT2D eigenvalue weighted by atomic mass is 9.86. The van der Waals surface area contributed by atoms with Crippen molar-refractivity contribution < 1.29 is 9.90 Å². The number of hydrogen-bond acceptors (Lipinski definition) is 1. The van der Waals surface area contributed by atoms with Crippen molar-refractivity contribution >= 4 is 5.97 Å². The van der Waals surface area contributed by atoms with E-state index in [4.69, 9.17) is 5.11 Å². The van der Waals surface area contributed by atoms with Gasteiger partial charge in [-0.1, -0.05) is 36.2 Å². The molecule has 2 atom stereocenters. The lowest BCUT2D eigenvalue weighted by Gasteiger charge is -2.18. The fourth-order valence-corrected chi connectivity index (χ4v) is 2.85. The van der Waals surface area contributed by atoms with Gasteiger partial charge >= 0.3 is 5.97 Å². The van der Waals surface area contributed by atoms with Gasteiger partial charge in [-0.2, -0.15) is 0 Å².